The number of halogens is 4. The molecule has 0 saturated heterocycles. The fraction of sp³-hybridized carbons (Fsp3) is 0.300. The van der Waals surface area contributed by atoms with Gasteiger partial charge in [-0.25, -0.2) is 4.98 Å². The van der Waals surface area contributed by atoms with Gasteiger partial charge < -0.3 is 5.32 Å². The van der Waals surface area contributed by atoms with E-state index in [1.165, 1.54) is 0 Å². The maximum atomic E-state index is 12.4. The highest BCUT2D eigenvalue weighted by Crippen LogP contribution is 2.30. The average molecular weight is 343 g/mol. The van der Waals surface area contributed by atoms with E-state index in [-0.39, 0.29) is 22.5 Å². The lowest BCUT2D eigenvalue weighted by Crippen LogP contribution is -2.47. The molecule has 0 aromatic carbocycles. The molecule has 0 fully saturated rings. The van der Waals surface area contributed by atoms with Crippen LogP contribution >= 0.6 is 23.8 Å². The number of anilines is 1. The Morgan fingerprint density at radius 3 is 2.62 bits per heavy atom. The first-order valence-electron chi connectivity index (χ1n) is 5.53. The number of H-pyrrole nitrogens is 1. The largest absolute Gasteiger partial charge is 0.419 e. The Labute approximate surface area is 128 Å². The maximum Gasteiger partial charge on any atom is 0.419 e. The minimum atomic E-state index is -4.50. The van der Waals surface area contributed by atoms with Crippen molar-refractivity contribution in [1.29, 1.82) is 0 Å². The number of hydrogen-bond acceptors (Lipinski definition) is 3. The van der Waals surface area contributed by atoms with Crippen molar-refractivity contribution in [2.24, 2.45) is 0 Å². The number of thiocarbonyl (C=S) groups is 1. The van der Waals surface area contributed by atoms with Crippen molar-refractivity contribution in [2.75, 3.05) is 18.9 Å². The maximum absolute atomic E-state index is 12.4. The zero-order valence-corrected chi connectivity index (χ0v) is 12.3. The fourth-order valence-electron chi connectivity index (χ4n) is 1.17. The van der Waals surface area contributed by atoms with Gasteiger partial charge in [-0.3, -0.25) is 21.0 Å². The lowest BCUT2D eigenvalue weighted by molar-refractivity contribution is -0.364. The topological polar surface area (TPSA) is 79.3 Å². The summed E-state index contributed by atoms with van der Waals surface area (Å²) in [5.74, 6) is -0.395. The van der Waals surface area contributed by atoms with Gasteiger partial charge in [-0.2, -0.15) is 13.2 Å². The van der Waals surface area contributed by atoms with Gasteiger partial charge in [0.05, 0.1) is 5.56 Å². The van der Waals surface area contributed by atoms with Gasteiger partial charge in [-0.05, 0) is 18.3 Å². The molecule has 0 aliphatic rings. The molecule has 1 heterocycles. The highest BCUT2D eigenvalue weighted by Gasteiger charge is 2.32. The predicted molar refractivity (Wildman–Crippen MR) is 74.4 cm³/mol. The zero-order valence-electron chi connectivity index (χ0n) is 10.7. The second-order valence-corrected chi connectivity index (χ2v) is 4.53. The summed E-state index contributed by atoms with van der Waals surface area (Å²) in [7, 11) is 1.57. The summed E-state index contributed by atoms with van der Waals surface area (Å²) in [5.41, 5.74) is 3.75. The minimum absolute atomic E-state index is 0.0935. The van der Waals surface area contributed by atoms with Crippen molar-refractivity contribution >= 4 is 40.7 Å². The van der Waals surface area contributed by atoms with E-state index in [4.69, 9.17) is 23.8 Å². The van der Waals surface area contributed by atoms with E-state index < -0.39 is 17.6 Å². The third-order valence-corrected chi connectivity index (χ3v) is 2.79. The van der Waals surface area contributed by atoms with Crippen LogP contribution in [-0.2, 0) is 11.0 Å². The number of alkyl halides is 3. The minimum Gasteiger partial charge on any atom is -0.364 e. The summed E-state index contributed by atoms with van der Waals surface area (Å²) in [4.78, 5) is 13.8. The average Bonchev–Trinajstić information content (AvgIpc) is 2.42. The fourth-order valence-corrected chi connectivity index (χ4v) is 1.46. The first-order chi connectivity index (χ1) is 9.74. The molecule has 0 bridgehead atoms. The van der Waals surface area contributed by atoms with Crippen LogP contribution in [0.5, 0.6) is 0 Å². The zero-order chi connectivity index (χ0) is 16.0. The van der Waals surface area contributed by atoms with Crippen molar-refractivity contribution in [1.82, 2.24) is 16.2 Å². The van der Waals surface area contributed by atoms with Gasteiger partial charge in [0.25, 0.3) is 11.7 Å². The Bertz CT molecular complexity index is 540. The second-order valence-electron chi connectivity index (χ2n) is 3.71. The van der Waals surface area contributed by atoms with Crippen molar-refractivity contribution in [2.45, 2.75) is 6.18 Å². The molecule has 0 aliphatic carbocycles. The molecule has 11 heteroatoms. The van der Waals surface area contributed by atoms with Crippen LogP contribution in [0.4, 0.5) is 19.0 Å². The van der Waals surface area contributed by atoms with Gasteiger partial charge in [-0.1, -0.05) is 11.6 Å². The van der Waals surface area contributed by atoms with Crippen LogP contribution in [0.25, 0.3) is 0 Å². The highest BCUT2D eigenvalue weighted by molar-refractivity contribution is 7.80. The van der Waals surface area contributed by atoms with Crippen LogP contribution in [0.3, 0.4) is 0 Å². The standard InChI is InChI=1S/C10H11ClF3N5OS/c1-15-9(21)19-18-7(20)4-17-8-6(11)2-5(3-16-8)10(12,13)14/h2-3H,4H2,1H3,(H,16,17)(H,18,20)(H2,15,19,21)/p+1. The quantitative estimate of drug-likeness (QED) is 0.481. The van der Waals surface area contributed by atoms with E-state index in [2.05, 4.69) is 26.5 Å². The van der Waals surface area contributed by atoms with Crippen LogP contribution in [0.15, 0.2) is 12.3 Å². The first-order valence-corrected chi connectivity index (χ1v) is 6.31. The van der Waals surface area contributed by atoms with Crippen molar-refractivity contribution in [3.05, 3.63) is 22.8 Å². The predicted octanol–water partition coefficient (Wildman–Crippen LogP) is 0.710. The summed E-state index contributed by atoms with van der Waals surface area (Å²) in [6.07, 6.45) is -3.75. The molecule has 0 saturated carbocycles. The Morgan fingerprint density at radius 1 is 1.43 bits per heavy atom. The van der Waals surface area contributed by atoms with Crippen LogP contribution in [0.1, 0.15) is 5.56 Å². The number of nitrogens with one attached hydrogen (secondary N) is 5. The molecule has 1 aromatic heterocycles. The van der Waals surface area contributed by atoms with Crippen LogP contribution in [0.2, 0.25) is 5.02 Å². The van der Waals surface area contributed by atoms with Gasteiger partial charge in [0.1, 0.15) is 11.2 Å². The van der Waals surface area contributed by atoms with Crippen LogP contribution in [-0.4, -0.2) is 24.6 Å². The Balaban J connectivity index is 2.56. The summed E-state index contributed by atoms with van der Waals surface area (Å²) in [6.45, 7) is -0.221. The molecule has 0 unspecified atom stereocenters. The molecule has 1 amide bonds. The van der Waals surface area contributed by atoms with E-state index in [0.717, 1.165) is 12.3 Å². The van der Waals surface area contributed by atoms with E-state index in [1.807, 2.05) is 0 Å². The molecule has 0 atom stereocenters. The number of amides is 1. The molecule has 5 N–H and O–H groups in total. The molecule has 116 valence electrons. The van der Waals surface area contributed by atoms with E-state index >= 15 is 0 Å². The SMILES string of the molecule is CNC(=S)NNC(=O)CNc1[nH+]cc(C(F)(F)F)cc1Cl. The van der Waals surface area contributed by atoms with Gasteiger partial charge in [0.15, 0.2) is 11.7 Å². The molecule has 6 nitrogen and oxygen atoms in total. The molecule has 0 aliphatic heterocycles. The molecule has 0 radical (unpaired) electrons. The van der Waals surface area contributed by atoms with Crippen molar-refractivity contribution < 1.29 is 22.9 Å². The van der Waals surface area contributed by atoms with Gasteiger partial charge >= 0.3 is 6.18 Å². The van der Waals surface area contributed by atoms with Crippen LogP contribution < -0.4 is 26.5 Å². The van der Waals surface area contributed by atoms with E-state index in [1.54, 1.807) is 7.05 Å². The van der Waals surface area contributed by atoms with Gasteiger partial charge in [-0.15, -0.1) is 0 Å². The monoisotopic (exact) mass is 342 g/mol. The smallest absolute Gasteiger partial charge is 0.364 e. The highest BCUT2D eigenvalue weighted by atomic mass is 35.5. The molecule has 0 spiro atoms. The number of aromatic amines is 1. The Morgan fingerprint density at radius 2 is 2.10 bits per heavy atom. The summed E-state index contributed by atoms with van der Waals surface area (Å²) in [6, 6.07) is 0.757. The van der Waals surface area contributed by atoms with Gasteiger partial charge in [0, 0.05) is 7.05 Å². The number of carbonyl (C=O) groups excluding carboxylic acids is 1. The summed E-state index contributed by atoms with van der Waals surface area (Å²) in [5, 5.41) is 5.16. The van der Waals surface area contributed by atoms with Crippen molar-refractivity contribution in [3.63, 3.8) is 0 Å². The van der Waals surface area contributed by atoms with Crippen LogP contribution in [0, 0.1) is 0 Å². The summed E-state index contributed by atoms with van der Waals surface area (Å²) < 4.78 is 37.3. The Hall–Kier alpha value is -1.81. The number of aromatic nitrogens is 1. The second kappa shape index (κ2) is 7.27. The first kappa shape index (κ1) is 17.2. The summed E-state index contributed by atoms with van der Waals surface area (Å²) >= 11 is 10.4. The van der Waals surface area contributed by atoms with E-state index in [0.29, 0.717) is 0 Å². The third-order valence-electron chi connectivity index (χ3n) is 2.19. The van der Waals surface area contributed by atoms with Gasteiger partial charge in [0.2, 0.25) is 0 Å². The van der Waals surface area contributed by atoms with Crippen molar-refractivity contribution in [3.8, 4) is 0 Å². The number of pyridine rings is 1. The Kier molecular flexibility index (Phi) is 5.97. The molecule has 1 rings (SSSR count). The lowest BCUT2D eigenvalue weighted by Gasteiger charge is -2.08. The number of hydrogen-bond donors (Lipinski definition) is 4. The molecule has 1 aromatic rings. The molecular formula is C10H12ClF3N5OS+. The number of rotatable bonds is 3. The number of carbonyl (C=O) groups is 1. The normalized spacial score (nSPS) is 10.7. The number of hydrazine groups is 1. The molecule has 21 heavy (non-hydrogen) atoms. The van der Waals surface area contributed by atoms with E-state index in [9.17, 15) is 18.0 Å². The third kappa shape index (κ3) is 5.60. The molecular weight excluding hydrogens is 331 g/mol. The lowest BCUT2D eigenvalue weighted by atomic mass is 10.3.